The molecule has 1 aromatic heterocycles. The predicted molar refractivity (Wildman–Crippen MR) is 146 cm³/mol. The smallest absolute Gasteiger partial charge is 0.408 e. The van der Waals surface area contributed by atoms with Crippen molar-refractivity contribution in [2.75, 3.05) is 6.54 Å². The lowest BCUT2D eigenvalue weighted by atomic mass is 9.45. The lowest BCUT2D eigenvalue weighted by molar-refractivity contribution is -0.155. The van der Waals surface area contributed by atoms with E-state index in [2.05, 4.69) is 36.4 Å². The molecule has 1 heterocycles. The van der Waals surface area contributed by atoms with Crippen LogP contribution in [0.3, 0.4) is 0 Å². The van der Waals surface area contributed by atoms with Crippen LogP contribution in [0.2, 0.25) is 0 Å². The highest BCUT2D eigenvalue weighted by molar-refractivity contribution is 5.91. The van der Waals surface area contributed by atoms with E-state index >= 15 is 0 Å². The molecule has 0 spiro atoms. The summed E-state index contributed by atoms with van der Waals surface area (Å²) in [5.74, 6) is 1.25. The zero-order chi connectivity index (χ0) is 26.2. The molecule has 3 fully saturated rings. The minimum absolute atomic E-state index is 0.116. The van der Waals surface area contributed by atoms with Crippen LogP contribution in [-0.2, 0) is 22.4 Å². The molecule has 37 heavy (non-hydrogen) atoms. The van der Waals surface area contributed by atoms with Gasteiger partial charge in [0.1, 0.15) is 11.6 Å². The Balaban J connectivity index is 1.29. The van der Waals surface area contributed by atoms with Gasteiger partial charge in [0.05, 0.1) is 0 Å². The molecule has 0 saturated heterocycles. The molecule has 6 nitrogen and oxygen atoms in total. The summed E-state index contributed by atoms with van der Waals surface area (Å²) >= 11 is 0. The number of rotatable bonds is 8. The quantitative estimate of drug-likeness (QED) is 0.374. The second-order valence-corrected chi connectivity index (χ2v) is 11.9. The van der Waals surface area contributed by atoms with Gasteiger partial charge in [0.2, 0.25) is 5.91 Å². The summed E-state index contributed by atoms with van der Waals surface area (Å²) in [7, 11) is 0. The van der Waals surface area contributed by atoms with E-state index in [9.17, 15) is 9.59 Å². The molecule has 6 heteroatoms. The van der Waals surface area contributed by atoms with Crippen molar-refractivity contribution in [3.63, 3.8) is 0 Å². The van der Waals surface area contributed by atoms with Crippen LogP contribution in [0.4, 0.5) is 4.79 Å². The second kappa shape index (κ2) is 9.88. The Morgan fingerprint density at radius 3 is 2.54 bits per heavy atom. The van der Waals surface area contributed by atoms with E-state index in [1.165, 1.54) is 6.42 Å². The van der Waals surface area contributed by atoms with Gasteiger partial charge in [-0.1, -0.05) is 69.3 Å². The average Bonchev–Trinajstić information content (AvgIpc) is 3.27. The minimum Gasteiger partial charge on any atom is -0.446 e. The number of amides is 2. The molecule has 2 bridgehead atoms. The normalized spacial score (nSPS) is 25.5. The Bertz CT molecular complexity index is 1270. The molecule has 3 unspecified atom stereocenters. The molecule has 0 aliphatic heterocycles. The number of para-hydroxylation sites is 1. The number of carbonyl (C=O) groups is 2. The highest BCUT2D eigenvalue weighted by Crippen LogP contribution is 2.61. The molecule has 3 N–H and O–H groups in total. The third-order valence-electron chi connectivity index (χ3n) is 9.18. The molecule has 2 aromatic carbocycles. The molecule has 0 radical (unpaired) electrons. The molecule has 2 amide bonds. The summed E-state index contributed by atoms with van der Waals surface area (Å²) in [4.78, 5) is 30.1. The summed E-state index contributed by atoms with van der Waals surface area (Å²) in [6.07, 6.45) is 4.47. The Morgan fingerprint density at radius 1 is 1.08 bits per heavy atom. The summed E-state index contributed by atoms with van der Waals surface area (Å²) in [6, 6.07) is 18.1. The van der Waals surface area contributed by atoms with Crippen molar-refractivity contribution in [3.8, 4) is 0 Å². The number of H-pyrrole nitrogens is 1. The fourth-order valence-electron chi connectivity index (χ4n) is 6.65. The van der Waals surface area contributed by atoms with Crippen molar-refractivity contribution in [1.82, 2.24) is 15.6 Å². The first kappa shape index (κ1) is 25.4. The summed E-state index contributed by atoms with van der Waals surface area (Å²) in [6.45, 7) is 9.13. The van der Waals surface area contributed by atoms with Gasteiger partial charge in [0.15, 0.2) is 0 Å². The number of benzene rings is 2. The monoisotopic (exact) mass is 501 g/mol. The van der Waals surface area contributed by atoms with Crippen LogP contribution in [0, 0.1) is 23.2 Å². The molecule has 5 atom stereocenters. The van der Waals surface area contributed by atoms with Crippen LogP contribution in [0.1, 0.15) is 51.7 Å². The lowest BCUT2D eigenvalue weighted by Crippen LogP contribution is -2.61. The first-order valence-corrected chi connectivity index (χ1v) is 13.5. The zero-order valence-corrected chi connectivity index (χ0v) is 22.3. The highest BCUT2D eigenvalue weighted by Gasteiger charge is 2.57. The van der Waals surface area contributed by atoms with Gasteiger partial charge in [-0.05, 0) is 66.5 Å². The number of nitrogens with one attached hydrogen (secondary N) is 3. The Labute approximate surface area is 219 Å². The van der Waals surface area contributed by atoms with Gasteiger partial charge in [-0.2, -0.15) is 0 Å². The van der Waals surface area contributed by atoms with Crippen molar-refractivity contribution in [2.45, 2.75) is 65.0 Å². The molecule has 6 rings (SSSR count). The largest absolute Gasteiger partial charge is 0.446 e. The van der Waals surface area contributed by atoms with Gasteiger partial charge < -0.3 is 20.4 Å². The topological polar surface area (TPSA) is 83.2 Å². The van der Waals surface area contributed by atoms with Crippen molar-refractivity contribution in [3.05, 3.63) is 71.9 Å². The number of hydrogen-bond donors (Lipinski definition) is 3. The number of fused-ring (bicyclic) bond motifs is 3. The first-order valence-electron chi connectivity index (χ1n) is 13.5. The number of aromatic nitrogens is 1. The lowest BCUT2D eigenvalue weighted by Gasteiger charge is -2.61. The van der Waals surface area contributed by atoms with E-state index < -0.39 is 11.6 Å². The van der Waals surface area contributed by atoms with Crippen LogP contribution in [0.25, 0.3) is 10.9 Å². The third-order valence-corrected chi connectivity index (χ3v) is 9.18. The number of carbonyl (C=O) groups excluding carboxylic acids is 2. The summed E-state index contributed by atoms with van der Waals surface area (Å²) < 4.78 is 5.99. The fraction of sp³-hybridized carbons (Fsp3) is 0.484. The number of aromatic amines is 1. The summed E-state index contributed by atoms with van der Waals surface area (Å²) in [5.41, 5.74) is 2.29. The Kier molecular flexibility index (Phi) is 6.78. The zero-order valence-electron chi connectivity index (χ0n) is 22.3. The standard InChI is InChI=1S/C31H39N3O3/c1-20-25-16-23(30(25,2)3)17-27(20)37-29(36)34-31(4,18-22-19-33-26-13-9-8-12-24(22)26)28(35)32-15-14-21-10-6-5-7-11-21/h5-13,19-20,23,25,27,33H,14-18H2,1-4H3,(H,32,35)(H,34,36)/t20?,23-,25+,27?,31?/m1/s1. The molecule has 3 aliphatic carbocycles. The maximum Gasteiger partial charge on any atom is 0.408 e. The predicted octanol–water partition coefficient (Wildman–Crippen LogP) is 5.62. The molecule has 3 aliphatic rings. The molecule has 3 saturated carbocycles. The summed E-state index contributed by atoms with van der Waals surface area (Å²) in [5, 5.41) is 7.08. The average molecular weight is 502 g/mol. The van der Waals surface area contributed by atoms with Crippen LogP contribution in [0.15, 0.2) is 60.8 Å². The van der Waals surface area contributed by atoms with Crippen LogP contribution >= 0.6 is 0 Å². The molecule has 3 aromatic rings. The maximum absolute atomic E-state index is 13.6. The van der Waals surface area contributed by atoms with Crippen molar-refractivity contribution < 1.29 is 14.3 Å². The Morgan fingerprint density at radius 2 is 1.81 bits per heavy atom. The minimum atomic E-state index is -1.17. The van der Waals surface area contributed by atoms with Gasteiger partial charge in [-0.3, -0.25) is 4.79 Å². The number of hydrogen-bond acceptors (Lipinski definition) is 3. The molecule has 196 valence electrons. The van der Waals surface area contributed by atoms with Gasteiger partial charge in [0.25, 0.3) is 0 Å². The van der Waals surface area contributed by atoms with E-state index in [-0.39, 0.29) is 12.0 Å². The van der Waals surface area contributed by atoms with Crippen LogP contribution in [-0.4, -0.2) is 35.2 Å². The van der Waals surface area contributed by atoms with Gasteiger partial charge in [-0.25, -0.2) is 4.79 Å². The van der Waals surface area contributed by atoms with E-state index in [4.69, 9.17) is 4.74 Å². The second-order valence-electron chi connectivity index (χ2n) is 11.9. The fourth-order valence-corrected chi connectivity index (χ4v) is 6.65. The van der Waals surface area contributed by atoms with E-state index in [1.807, 2.05) is 60.8 Å². The SMILES string of the molecule is CC1C(OC(=O)NC(C)(Cc2c[nH]c3ccccc23)C(=O)NCCc2ccccc2)C[C@H]2C[C@@H]1C2(C)C. The maximum atomic E-state index is 13.6. The molecular formula is C31H39N3O3. The van der Waals surface area contributed by atoms with E-state index in [0.717, 1.165) is 34.9 Å². The number of alkyl carbamates (subject to hydrolysis) is 1. The van der Waals surface area contributed by atoms with Crippen LogP contribution in [0.5, 0.6) is 0 Å². The van der Waals surface area contributed by atoms with E-state index in [0.29, 0.717) is 36.1 Å². The van der Waals surface area contributed by atoms with Crippen LogP contribution < -0.4 is 10.6 Å². The van der Waals surface area contributed by atoms with Gasteiger partial charge in [-0.15, -0.1) is 0 Å². The van der Waals surface area contributed by atoms with Gasteiger partial charge >= 0.3 is 6.09 Å². The highest BCUT2D eigenvalue weighted by atomic mass is 16.6. The Hall–Kier alpha value is -3.28. The van der Waals surface area contributed by atoms with E-state index in [1.54, 1.807) is 6.92 Å². The van der Waals surface area contributed by atoms with Crippen molar-refractivity contribution >= 4 is 22.9 Å². The third kappa shape index (κ3) is 4.98. The van der Waals surface area contributed by atoms with Crippen molar-refractivity contribution in [2.24, 2.45) is 23.2 Å². The van der Waals surface area contributed by atoms with Crippen molar-refractivity contribution in [1.29, 1.82) is 0 Å². The molecular weight excluding hydrogens is 462 g/mol. The van der Waals surface area contributed by atoms with Gasteiger partial charge in [0, 0.05) is 30.1 Å². The number of ether oxygens (including phenoxy) is 1. The first-order chi connectivity index (χ1) is 17.7.